The number of methoxy groups -OCH3 is 1. The predicted molar refractivity (Wildman–Crippen MR) is 135 cm³/mol. The van der Waals surface area contributed by atoms with Crippen molar-refractivity contribution in [1.29, 1.82) is 0 Å². The molecule has 0 radical (unpaired) electrons. The third-order valence-corrected chi connectivity index (χ3v) is 5.03. The number of ketones is 1. The van der Waals surface area contributed by atoms with Crippen LogP contribution in [0.1, 0.15) is 46.5 Å². The van der Waals surface area contributed by atoms with Gasteiger partial charge in [0.25, 0.3) is 0 Å². The van der Waals surface area contributed by atoms with E-state index in [1.165, 1.54) is 13.2 Å². The van der Waals surface area contributed by atoms with Crippen molar-refractivity contribution < 1.29 is 24.2 Å². The summed E-state index contributed by atoms with van der Waals surface area (Å²) in [6.07, 6.45) is 0.904. The highest BCUT2D eigenvalue weighted by atomic mass is 16.5. The molecule has 0 aliphatic rings. The summed E-state index contributed by atoms with van der Waals surface area (Å²) in [6, 6.07) is 20.9. The first-order chi connectivity index (χ1) is 16.2. The summed E-state index contributed by atoms with van der Waals surface area (Å²) in [6.45, 7) is 4.71. The lowest BCUT2D eigenvalue weighted by molar-refractivity contribution is 0.0488. The molecule has 1 N–H and O–H groups in total. The van der Waals surface area contributed by atoms with E-state index in [0.29, 0.717) is 29.4 Å². The van der Waals surface area contributed by atoms with Gasteiger partial charge in [-0.3, -0.25) is 4.79 Å². The van der Waals surface area contributed by atoms with Crippen molar-refractivity contribution in [2.45, 2.75) is 20.3 Å². The van der Waals surface area contributed by atoms with Gasteiger partial charge in [-0.1, -0.05) is 44.2 Å². The fourth-order valence-corrected chi connectivity index (χ4v) is 2.94. The molecule has 0 saturated heterocycles. The zero-order chi connectivity index (χ0) is 25.1. The summed E-state index contributed by atoms with van der Waals surface area (Å²) >= 11 is 0. The molecule has 0 aromatic heterocycles. The maximum Gasteiger partial charge on any atom is 0.338 e. The number of carbonyl (C=O) groups excluding carboxylic acids is 2. The average molecular weight is 464 g/mol. The molecule has 6 nitrogen and oxygen atoms in total. The Balaban J connectivity index is 0.000000240. The Morgan fingerprint density at radius 1 is 0.912 bits per heavy atom. The van der Waals surface area contributed by atoms with E-state index < -0.39 is 0 Å². The number of hydrogen-bond donors (Lipinski definition) is 1. The fourth-order valence-electron chi connectivity index (χ4n) is 2.94. The van der Waals surface area contributed by atoms with Crippen molar-refractivity contribution >= 4 is 17.4 Å². The maximum atomic E-state index is 12.1. The van der Waals surface area contributed by atoms with Gasteiger partial charge in [0.2, 0.25) is 0 Å². The van der Waals surface area contributed by atoms with Crippen LogP contribution in [0.4, 0.5) is 5.69 Å². The largest absolute Gasteiger partial charge is 0.507 e. The number of anilines is 1. The Hall–Kier alpha value is -3.80. The minimum atomic E-state index is -0.240. The number of hydrogen-bond acceptors (Lipinski definition) is 6. The Kier molecular flexibility index (Phi) is 10.1. The summed E-state index contributed by atoms with van der Waals surface area (Å²) in [5.74, 6) is 0.561. The van der Waals surface area contributed by atoms with E-state index in [1.807, 2.05) is 37.2 Å². The fraction of sp³-hybridized carbons (Fsp3) is 0.286. The number of ether oxygens (including phenoxy) is 2. The molecule has 6 heteroatoms. The van der Waals surface area contributed by atoms with E-state index in [4.69, 9.17) is 9.47 Å². The van der Waals surface area contributed by atoms with E-state index in [1.54, 1.807) is 48.5 Å². The van der Waals surface area contributed by atoms with E-state index in [-0.39, 0.29) is 23.1 Å². The SMILES string of the molecule is CC(C)CCOC(=O)c1ccc(N(C)C)cc1.COc1ccc(C(=O)c2ccccc2)c(O)c1. The van der Waals surface area contributed by atoms with Gasteiger partial charge >= 0.3 is 5.97 Å². The van der Waals surface area contributed by atoms with Crippen molar-refractivity contribution in [1.82, 2.24) is 0 Å². The van der Waals surface area contributed by atoms with Crippen LogP contribution in [-0.4, -0.2) is 44.7 Å². The highest BCUT2D eigenvalue weighted by molar-refractivity contribution is 6.10. The molecule has 3 aromatic rings. The van der Waals surface area contributed by atoms with Crippen molar-refractivity contribution in [3.8, 4) is 11.5 Å². The smallest absolute Gasteiger partial charge is 0.338 e. The van der Waals surface area contributed by atoms with Crippen molar-refractivity contribution in [2.75, 3.05) is 32.7 Å². The van der Waals surface area contributed by atoms with Gasteiger partial charge in [0.1, 0.15) is 11.5 Å². The number of rotatable bonds is 8. The second-order valence-corrected chi connectivity index (χ2v) is 8.34. The molecule has 0 heterocycles. The van der Waals surface area contributed by atoms with E-state index in [9.17, 15) is 14.7 Å². The van der Waals surface area contributed by atoms with Gasteiger partial charge < -0.3 is 19.5 Å². The molecule has 0 fully saturated rings. The van der Waals surface area contributed by atoms with Crippen molar-refractivity contribution in [3.63, 3.8) is 0 Å². The van der Waals surface area contributed by atoms with E-state index >= 15 is 0 Å². The van der Waals surface area contributed by atoms with Crippen LogP contribution >= 0.6 is 0 Å². The van der Waals surface area contributed by atoms with Crippen molar-refractivity contribution in [2.24, 2.45) is 5.92 Å². The molecular formula is C28H33NO5. The van der Waals surface area contributed by atoms with Crippen LogP contribution in [0.25, 0.3) is 0 Å². The molecule has 0 saturated carbocycles. The normalized spacial score (nSPS) is 10.2. The number of phenolic OH excluding ortho intramolecular Hbond substituents is 1. The maximum absolute atomic E-state index is 12.1. The summed E-state index contributed by atoms with van der Waals surface area (Å²) in [5.41, 5.74) is 2.51. The first kappa shape index (κ1) is 26.5. The second-order valence-electron chi connectivity index (χ2n) is 8.34. The number of aromatic hydroxyl groups is 1. The zero-order valence-electron chi connectivity index (χ0n) is 20.4. The third kappa shape index (κ3) is 7.96. The Bertz CT molecular complexity index is 1060. The number of benzene rings is 3. The number of nitrogens with zero attached hydrogens (tertiary/aromatic N) is 1. The number of phenols is 1. The van der Waals surface area contributed by atoms with Gasteiger partial charge in [-0.05, 0) is 48.7 Å². The topological polar surface area (TPSA) is 76.1 Å². The molecule has 0 bridgehead atoms. The first-order valence-corrected chi connectivity index (χ1v) is 11.1. The lowest BCUT2D eigenvalue weighted by Crippen LogP contribution is -2.10. The summed E-state index contributed by atoms with van der Waals surface area (Å²) in [4.78, 5) is 25.7. The summed E-state index contributed by atoms with van der Waals surface area (Å²) in [7, 11) is 5.44. The van der Waals surface area contributed by atoms with Crippen LogP contribution < -0.4 is 9.64 Å². The van der Waals surface area contributed by atoms with E-state index in [0.717, 1.165) is 12.1 Å². The van der Waals surface area contributed by atoms with Crippen LogP contribution in [0.3, 0.4) is 0 Å². The molecule has 0 aliphatic heterocycles. The Morgan fingerprint density at radius 2 is 1.56 bits per heavy atom. The standard InChI is InChI=1S/C14H21NO2.C14H12O3/c1-11(2)9-10-17-14(16)12-5-7-13(8-6-12)15(3)4;1-17-11-7-8-12(13(15)9-11)14(16)10-5-3-2-4-6-10/h5-8,11H,9-10H2,1-4H3;2-9,15H,1H3. The van der Waals surface area contributed by atoms with Gasteiger partial charge in [-0.15, -0.1) is 0 Å². The number of esters is 1. The molecule has 0 aliphatic carbocycles. The molecule has 0 atom stereocenters. The van der Waals surface area contributed by atoms with Crippen LogP contribution in [0, 0.1) is 5.92 Å². The summed E-state index contributed by atoms with van der Waals surface area (Å²) in [5, 5.41) is 9.75. The lowest BCUT2D eigenvalue weighted by atomic mass is 10.0. The first-order valence-electron chi connectivity index (χ1n) is 11.1. The van der Waals surface area contributed by atoms with Gasteiger partial charge in [0, 0.05) is 31.4 Å². The van der Waals surface area contributed by atoms with E-state index in [2.05, 4.69) is 13.8 Å². The van der Waals surface area contributed by atoms with Gasteiger partial charge in [0.15, 0.2) is 5.78 Å². The molecule has 0 unspecified atom stereocenters. The molecule has 180 valence electrons. The Morgan fingerprint density at radius 3 is 2.09 bits per heavy atom. The van der Waals surface area contributed by atoms with Gasteiger partial charge in [-0.2, -0.15) is 0 Å². The highest BCUT2D eigenvalue weighted by Crippen LogP contribution is 2.25. The molecule has 0 spiro atoms. The highest BCUT2D eigenvalue weighted by Gasteiger charge is 2.13. The van der Waals surface area contributed by atoms with Crippen LogP contribution in [-0.2, 0) is 4.74 Å². The van der Waals surface area contributed by atoms with Gasteiger partial charge in [-0.25, -0.2) is 4.79 Å². The minimum Gasteiger partial charge on any atom is -0.507 e. The predicted octanol–water partition coefficient (Wildman–Crippen LogP) is 5.59. The lowest BCUT2D eigenvalue weighted by Gasteiger charge is -2.12. The molecular weight excluding hydrogens is 430 g/mol. The van der Waals surface area contributed by atoms with Gasteiger partial charge in [0.05, 0.1) is 24.8 Å². The molecule has 0 amide bonds. The van der Waals surface area contributed by atoms with Crippen LogP contribution in [0.5, 0.6) is 11.5 Å². The minimum absolute atomic E-state index is 0.0711. The Labute approximate surface area is 201 Å². The number of carbonyl (C=O) groups is 2. The van der Waals surface area contributed by atoms with Crippen LogP contribution in [0.15, 0.2) is 72.8 Å². The molecule has 3 aromatic carbocycles. The van der Waals surface area contributed by atoms with Crippen LogP contribution in [0.2, 0.25) is 0 Å². The quantitative estimate of drug-likeness (QED) is 0.347. The molecule has 34 heavy (non-hydrogen) atoms. The second kappa shape index (κ2) is 13.0. The molecule has 3 rings (SSSR count). The summed E-state index contributed by atoms with van der Waals surface area (Å²) < 4.78 is 10.2. The zero-order valence-corrected chi connectivity index (χ0v) is 20.4. The average Bonchev–Trinajstić information content (AvgIpc) is 2.84. The third-order valence-electron chi connectivity index (χ3n) is 5.03. The monoisotopic (exact) mass is 463 g/mol. The van der Waals surface area contributed by atoms with Crippen molar-refractivity contribution in [3.05, 3.63) is 89.5 Å².